The summed E-state index contributed by atoms with van der Waals surface area (Å²) in [6.45, 7) is 3.55. The maximum atomic E-state index is 13.3. The minimum Gasteiger partial charge on any atom is -0.468 e. The fourth-order valence-corrected chi connectivity index (χ4v) is 2.25. The van der Waals surface area contributed by atoms with Gasteiger partial charge in [-0.1, -0.05) is 22.9 Å². The van der Waals surface area contributed by atoms with Gasteiger partial charge in [0.15, 0.2) is 0 Å². The van der Waals surface area contributed by atoms with Crippen LogP contribution in [-0.2, 0) is 16.1 Å². The quantitative estimate of drug-likeness (QED) is 0.755. The highest BCUT2D eigenvalue weighted by Gasteiger charge is 2.11. The van der Waals surface area contributed by atoms with Crippen molar-refractivity contribution in [3.8, 4) is 0 Å². The minimum atomic E-state index is -0.283. The largest absolute Gasteiger partial charge is 0.468 e. The average Bonchev–Trinajstić information content (AvgIpc) is 2.27. The topological polar surface area (TPSA) is 29.5 Å². The molecular weight excluding hydrogens is 301 g/mol. The van der Waals surface area contributed by atoms with Crippen molar-refractivity contribution in [2.24, 2.45) is 0 Å². The van der Waals surface area contributed by atoms with E-state index in [0.717, 1.165) is 18.5 Å². The normalized spacial score (nSPS) is 10.7. The lowest BCUT2D eigenvalue weighted by Gasteiger charge is -2.20. The number of nitrogens with zero attached hydrogens (tertiary/aromatic N) is 1. The molecule has 18 heavy (non-hydrogen) atoms. The molecule has 0 aliphatic carbocycles. The molecule has 0 unspecified atom stereocenters. The van der Waals surface area contributed by atoms with Gasteiger partial charge in [-0.3, -0.25) is 9.69 Å². The van der Waals surface area contributed by atoms with Gasteiger partial charge in [0.25, 0.3) is 0 Å². The van der Waals surface area contributed by atoms with Crippen molar-refractivity contribution in [3.63, 3.8) is 0 Å². The predicted molar refractivity (Wildman–Crippen MR) is 71.7 cm³/mol. The summed E-state index contributed by atoms with van der Waals surface area (Å²) in [5.41, 5.74) is 0.833. The van der Waals surface area contributed by atoms with Crippen LogP contribution in [0, 0.1) is 5.82 Å². The summed E-state index contributed by atoms with van der Waals surface area (Å²) in [5.74, 6) is -0.562. The van der Waals surface area contributed by atoms with Crippen LogP contribution in [0.25, 0.3) is 0 Å². The highest BCUT2D eigenvalue weighted by Crippen LogP contribution is 2.16. The van der Waals surface area contributed by atoms with E-state index in [9.17, 15) is 9.18 Å². The van der Waals surface area contributed by atoms with E-state index < -0.39 is 0 Å². The summed E-state index contributed by atoms with van der Waals surface area (Å²) in [6, 6.07) is 4.74. The molecule has 0 aliphatic rings. The van der Waals surface area contributed by atoms with E-state index in [1.54, 1.807) is 0 Å². The zero-order valence-corrected chi connectivity index (χ0v) is 12.2. The van der Waals surface area contributed by atoms with E-state index in [1.165, 1.54) is 19.2 Å². The minimum absolute atomic E-state index is 0.221. The van der Waals surface area contributed by atoms with Gasteiger partial charge in [0.2, 0.25) is 0 Å². The number of benzene rings is 1. The summed E-state index contributed by atoms with van der Waals surface area (Å²) < 4.78 is 18.6. The Morgan fingerprint density at radius 1 is 1.44 bits per heavy atom. The average molecular weight is 318 g/mol. The van der Waals surface area contributed by atoms with Crippen LogP contribution >= 0.6 is 15.9 Å². The van der Waals surface area contributed by atoms with Gasteiger partial charge in [-0.25, -0.2) is 4.39 Å². The molecule has 5 heteroatoms. The molecule has 0 aromatic heterocycles. The zero-order valence-electron chi connectivity index (χ0n) is 10.6. The Morgan fingerprint density at radius 2 is 2.17 bits per heavy atom. The third-order valence-corrected chi connectivity index (χ3v) is 2.91. The van der Waals surface area contributed by atoms with Gasteiger partial charge >= 0.3 is 5.97 Å². The molecule has 1 aromatic rings. The SMILES string of the molecule is CCCN(CC(=O)OC)Cc1cc(F)cc(Br)c1. The van der Waals surface area contributed by atoms with Crippen LogP contribution < -0.4 is 0 Å². The summed E-state index contributed by atoms with van der Waals surface area (Å²) >= 11 is 3.26. The van der Waals surface area contributed by atoms with E-state index >= 15 is 0 Å². The second-order valence-corrected chi connectivity index (χ2v) is 4.98. The number of esters is 1. The van der Waals surface area contributed by atoms with Gasteiger partial charge in [0, 0.05) is 11.0 Å². The first-order valence-corrected chi connectivity index (χ1v) is 6.58. The lowest BCUT2D eigenvalue weighted by atomic mass is 10.2. The Hall–Kier alpha value is -0.940. The first-order chi connectivity index (χ1) is 8.55. The van der Waals surface area contributed by atoms with Crippen LogP contribution in [0.1, 0.15) is 18.9 Å². The van der Waals surface area contributed by atoms with Crippen molar-refractivity contribution in [2.75, 3.05) is 20.2 Å². The molecule has 0 radical (unpaired) electrons. The molecular formula is C13H17BrFNO2. The Bertz CT molecular complexity index is 392. The van der Waals surface area contributed by atoms with Crippen molar-refractivity contribution >= 4 is 21.9 Å². The highest BCUT2D eigenvalue weighted by atomic mass is 79.9. The van der Waals surface area contributed by atoms with Crippen LogP contribution in [0.15, 0.2) is 22.7 Å². The van der Waals surface area contributed by atoms with E-state index in [4.69, 9.17) is 0 Å². The second kappa shape index (κ2) is 7.48. The van der Waals surface area contributed by atoms with E-state index in [0.29, 0.717) is 11.0 Å². The number of methoxy groups -OCH3 is 1. The van der Waals surface area contributed by atoms with Gasteiger partial charge < -0.3 is 4.74 Å². The number of halogens is 2. The van der Waals surface area contributed by atoms with Gasteiger partial charge in [0.05, 0.1) is 13.7 Å². The second-order valence-electron chi connectivity index (χ2n) is 4.06. The van der Waals surface area contributed by atoms with E-state index in [-0.39, 0.29) is 18.3 Å². The number of carbonyl (C=O) groups is 1. The molecule has 0 heterocycles. The van der Waals surface area contributed by atoms with Crippen LogP contribution in [0.3, 0.4) is 0 Å². The Labute approximate surface area is 115 Å². The van der Waals surface area contributed by atoms with Crippen LogP contribution in [0.2, 0.25) is 0 Å². The third kappa shape index (κ3) is 5.14. The number of hydrogen-bond acceptors (Lipinski definition) is 3. The molecule has 100 valence electrons. The summed E-state index contributed by atoms with van der Waals surface area (Å²) in [7, 11) is 1.37. The molecule has 0 amide bonds. The van der Waals surface area contributed by atoms with Gasteiger partial charge in [-0.2, -0.15) is 0 Å². The molecule has 3 nitrogen and oxygen atoms in total. The fourth-order valence-electron chi connectivity index (χ4n) is 1.74. The lowest BCUT2D eigenvalue weighted by Crippen LogP contribution is -2.30. The molecule has 0 atom stereocenters. The number of rotatable bonds is 6. The molecule has 0 saturated carbocycles. The third-order valence-electron chi connectivity index (χ3n) is 2.45. The Kier molecular flexibility index (Phi) is 6.29. The van der Waals surface area contributed by atoms with Crippen LogP contribution in [0.4, 0.5) is 4.39 Å². The van der Waals surface area contributed by atoms with Gasteiger partial charge in [-0.05, 0) is 36.7 Å². The Morgan fingerprint density at radius 3 is 2.72 bits per heavy atom. The van der Waals surface area contributed by atoms with E-state index in [1.807, 2.05) is 17.9 Å². The maximum absolute atomic E-state index is 13.3. The van der Waals surface area contributed by atoms with Crippen LogP contribution in [-0.4, -0.2) is 31.1 Å². The highest BCUT2D eigenvalue weighted by molar-refractivity contribution is 9.10. The van der Waals surface area contributed by atoms with Crippen molar-refractivity contribution in [1.29, 1.82) is 0 Å². The standard InChI is InChI=1S/C13H17BrFNO2/c1-3-4-16(9-13(17)18-2)8-10-5-11(14)7-12(15)6-10/h5-7H,3-4,8-9H2,1-2H3. The Balaban J connectivity index is 2.72. The molecule has 0 aliphatic heterocycles. The molecule has 1 aromatic carbocycles. The molecule has 0 N–H and O–H groups in total. The monoisotopic (exact) mass is 317 g/mol. The summed E-state index contributed by atoms with van der Waals surface area (Å²) in [6.07, 6.45) is 0.924. The van der Waals surface area contributed by atoms with Crippen molar-refractivity contribution in [3.05, 3.63) is 34.1 Å². The molecule has 0 saturated heterocycles. The van der Waals surface area contributed by atoms with Crippen molar-refractivity contribution in [2.45, 2.75) is 19.9 Å². The van der Waals surface area contributed by atoms with Crippen molar-refractivity contribution in [1.82, 2.24) is 4.90 Å². The fraction of sp³-hybridized carbons (Fsp3) is 0.462. The van der Waals surface area contributed by atoms with Crippen LogP contribution in [0.5, 0.6) is 0 Å². The number of ether oxygens (including phenoxy) is 1. The predicted octanol–water partition coefficient (Wildman–Crippen LogP) is 2.97. The molecule has 0 fully saturated rings. The zero-order chi connectivity index (χ0) is 13.5. The summed E-state index contributed by atoms with van der Waals surface area (Å²) in [5, 5.41) is 0. The summed E-state index contributed by atoms with van der Waals surface area (Å²) in [4.78, 5) is 13.2. The van der Waals surface area contributed by atoms with E-state index in [2.05, 4.69) is 20.7 Å². The lowest BCUT2D eigenvalue weighted by molar-refractivity contribution is -0.142. The molecule has 0 spiro atoms. The first-order valence-electron chi connectivity index (χ1n) is 5.79. The smallest absolute Gasteiger partial charge is 0.319 e. The molecule has 1 rings (SSSR count). The number of hydrogen-bond donors (Lipinski definition) is 0. The molecule has 0 bridgehead atoms. The van der Waals surface area contributed by atoms with Gasteiger partial charge in [-0.15, -0.1) is 0 Å². The maximum Gasteiger partial charge on any atom is 0.319 e. The van der Waals surface area contributed by atoms with Crippen molar-refractivity contribution < 1.29 is 13.9 Å². The first kappa shape index (κ1) is 15.1. The van der Waals surface area contributed by atoms with Gasteiger partial charge in [0.1, 0.15) is 5.82 Å². The number of carbonyl (C=O) groups excluding carboxylic acids is 1.